The van der Waals surface area contributed by atoms with Crippen molar-refractivity contribution in [2.75, 3.05) is 0 Å². The maximum absolute atomic E-state index is 11.9. The van der Waals surface area contributed by atoms with Gasteiger partial charge in [-0.1, -0.05) is 0 Å². The van der Waals surface area contributed by atoms with Gasteiger partial charge in [0.25, 0.3) is 10.2 Å². The second kappa shape index (κ2) is 3.42. The van der Waals surface area contributed by atoms with Crippen molar-refractivity contribution >= 4 is 10.2 Å². The minimum atomic E-state index is -4.28. The fraction of sp³-hybridized carbons (Fsp3) is 1.00. The smallest absolute Gasteiger partial charge is 0.215 e. The molecule has 0 radical (unpaired) electrons. The number of rotatable bonds is 3. The van der Waals surface area contributed by atoms with Gasteiger partial charge < -0.3 is 0 Å². The largest absolute Gasteiger partial charge is 0.308 e. The Hall–Kier alpha value is -0.270. The molecular formula is C4H10F2N2O2S. The summed E-state index contributed by atoms with van der Waals surface area (Å²) in [7, 11) is -4.28. The van der Waals surface area contributed by atoms with E-state index in [1.807, 2.05) is 0 Å². The van der Waals surface area contributed by atoms with Crippen molar-refractivity contribution in [3.05, 3.63) is 0 Å². The zero-order valence-corrected chi connectivity index (χ0v) is 6.98. The van der Waals surface area contributed by atoms with E-state index in [4.69, 9.17) is 0 Å². The van der Waals surface area contributed by atoms with Crippen LogP contribution in [0.1, 0.15) is 13.8 Å². The Morgan fingerprint density at radius 1 is 1.36 bits per heavy atom. The Morgan fingerprint density at radius 3 is 1.73 bits per heavy atom. The topological polar surface area (TPSA) is 63.4 Å². The number of hydrogen-bond donors (Lipinski definition) is 1. The molecule has 0 rings (SSSR count). The molecule has 4 nitrogen and oxygen atoms in total. The van der Waals surface area contributed by atoms with Gasteiger partial charge in [-0.3, -0.25) is 0 Å². The predicted molar refractivity (Wildman–Crippen MR) is 36.1 cm³/mol. The average molecular weight is 188 g/mol. The fourth-order valence-electron chi connectivity index (χ4n) is 0.630. The first kappa shape index (κ1) is 10.7. The highest BCUT2D eigenvalue weighted by molar-refractivity contribution is 7.86. The molecule has 0 aliphatic heterocycles. The van der Waals surface area contributed by atoms with Crippen molar-refractivity contribution < 1.29 is 17.2 Å². The molecule has 0 amide bonds. The molecule has 68 valence electrons. The van der Waals surface area contributed by atoms with E-state index in [0.717, 1.165) is 0 Å². The lowest BCUT2D eigenvalue weighted by molar-refractivity contribution is 0.0154. The first-order valence-corrected chi connectivity index (χ1v) is 4.36. The number of nitrogens with two attached hydrogens (primary N) is 1. The molecular weight excluding hydrogens is 178 g/mol. The normalized spacial score (nSPS) is 13.5. The van der Waals surface area contributed by atoms with Crippen molar-refractivity contribution in [3.8, 4) is 0 Å². The van der Waals surface area contributed by atoms with E-state index in [2.05, 4.69) is 5.14 Å². The van der Waals surface area contributed by atoms with E-state index >= 15 is 0 Å². The van der Waals surface area contributed by atoms with Gasteiger partial charge in [-0.2, -0.15) is 17.2 Å². The minimum Gasteiger partial charge on any atom is -0.215 e. The number of hydrogen-bond acceptors (Lipinski definition) is 2. The van der Waals surface area contributed by atoms with Gasteiger partial charge in [-0.05, 0) is 13.8 Å². The quantitative estimate of drug-likeness (QED) is 0.639. The molecule has 0 aliphatic carbocycles. The Morgan fingerprint density at radius 2 is 1.73 bits per heavy atom. The second-order valence-corrected chi connectivity index (χ2v) is 3.70. The van der Waals surface area contributed by atoms with E-state index in [0.29, 0.717) is 0 Å². The van der Waals surface area contributed by atoms with Crippen LogP contribution in [0.15, 0.2) is 0 Å². The van der Waals surface area contributed by atoms with Gasteiger partial charge in [0, 0.05) is 6.04 Å². The lowest BCUT2D eigenvalue weighted by Gasteiger charge is -2.21. The third kappa shape index (κ3) is 3.08. The monoisotopic (exact) mass is 188 g/mol. The van der Waals surface area contributed by atoms with Crippen LogP contribution >= 0.6 is 0 Å². The van der Waals surface area contributed by atoms with Crippen LogP contribution in [0, 0.1) is 0 Å². The summed E-state index contributed by atoms with van der Waals surface area (Å²) in [5.74, 6) is 0. The third-order valence-electron chi connectivity index (χ3n) is 0.995. The SMILES string of the molecule is CC(C)N(C(F)F)S(N)(=O)=O. The zero-order chi connectivity index (χ0) is 9.23. The molecule has 0 bridgehead atoms. The molecule has 0 atom stereocenters. The van der Waals surface area contributed by atoms with Gasteiger partial charge in [-0.15, -0.1) is 4.31 Å². The summed E-state index contributed by atoms with van der Waals surface area (Å²) in [6.45, 7) is -0.447. The maximum Gasteiger partial charge on any atom is 0.308 e. The summed E-state index contributed by atoms with van der Waals surface area (Å²) in [4.78, 5) is 0. The maximum atomic E-state index is 11.9. The van der Waals surface area contributed by atoms with Crippen LogP contribution < -0.4 is 5.14 Å². The van der Waals surface area contributed by atoms with Crippen molar-refractivity contribution in [1.82, 2.24) is 4.31 Å². The third-order valence-corrected chi connectivity index (χ3v) is 2.16. The van der Waals surface area contributed by atoms with Gasteiger partial charge in [0.15, 0.2) is 0 Å². The second-order valence-electron chi connectivity index (χ2n) is 2.25. The van der Waals surface area contributed by atoms with Gasteiger partial charge >= 0.3 is 6.55 Å². The Labute approximate surface area is 64.2 Å². The summed E-state index contributed by atoms with van der Waals surface area (Å²) in [5, 5.41) is 4.50. The van der Waals surface area contributed by atoms with Crippen molar-refractivity contribution in [3.63, 3.8) is 0 Å². The number of alkyl halides is 2. The summed E-state index contributed by atoms with van der Waals surface area (Å²) in [6, 6.07) is -0.829. The summed E-state index contributed by atoms with van der Waals surface area (Å²) < 4.78 is 44.6. The van der Waals surface area contributed by atoms with Gasteiger partial charge in [0.2, 0.25) is 0 Å². The molecule has 0 fully saturated rings. The van der Waals surface area contributed by atoms with Crippen LogP contribution in [0.25, 0.3) is 0 Å². The van der Waals surface area contributed by atoms with Crippen LogP contribution in [-0.4, -0.2) is 25.3 Å². The molecule has 0 saturated carbocycles. The van der Waals surface area contributed by atoms with E-state index in [9.17, 15) is 17.2 Å². The molecule has 7 heteroatoms. The number of halogens is 2. The number of nitrogens with zero attached hydrogens (tertiary/aromatic N) is 1. The lowest BCUT2D eigenvalue weighted by atomic mass is 10.4. The van der Waals surface area contributed by atoms with Gasteiger partial charge in [0.05, 0.1) is 0 Å². The van der Waals surface area contributed by atoms with Crippen LogP contribution in [0.2, 0.25) is 0 Å². The standard InChI is InChI=1S/C4H10F2N2O2S/c1-3(2)8(4(5)6)11(7,9)10/h3-4H,1-2H3,(H2,7,9,10). The Bertz CT molecular complexity index is 206. The average Bonchev–Trinajstić information content (AvgIpc) is 1.54. The fourth-order valence-corrected chi connectivity index (χ4v) is 1.44. The highest BCUT2D eigenvalue weighted by Gasteiger charge is 2.29. The van der Waals surface area contributed by atoms with E-state index in [1.165, 1.54) is 13.8 Å². The molecule has 0 saturated heterocycles. The van der Waals surface area contributed by atoms with Gasteiger partial charge in [-0.25, -0.2) is 5.14 Å². The molecule has 11 heavy (non-hydrogen) atoms. The van der Waals surface area contributed by atoms with Crippen LogP contribution in [0.4, 0.5) is 8.78 Å². The van der Waals surface area contributed by atoms with Crippen molar-refractivity contribution in [1.29, 1.82) is 0 Å². The lowest BCUT2D eigenvalue weighted by Crippen LogP contribution is -2.44. The molecule has 0 heterocycles. The predicted octanol–water partition coefficient (Wildman–Crippen LogP) is 0.123. The van der Waals surface area contributed by atoms with Crippen LogP contribution in [-0.2, 0) is 10.2 Å². The zero-order valence-electron chi connectivity index (χ0n) is 6.16. The summed E-state index contributed by atoms with van der Waals surface area (Å²) >= 11 is 0. The first-order chi connectivity index (χ1) is 4.76. The molecule has 0 aromatic heterocycles. The Kier molecular flexibility index (Phi) is 3.33. The molecule has 0 spiro atoms. The highest BCUT2D eigenvalue weighted by Crippen LogP contribution is 2.10. The van der Waals surface area contributed by atoms with Crippen molar-refractivity contribution in [2.45, 2.75) is 26.4 Å². The van der Waals surface area contributed by atoms with Crippen LogP contribution in [0.5, 0.6) is 0 Å². The van der Waals surface area contributed by atoms with E-state index in [1.54, 1.807) is 0 Å². The Balaban J connectivity index is 4.64. The molecule has 2 N–H and O–H groups in total. The van der Waals surface area contributed by atoms with E-state index < -0.39 is 22.8 Å². The minimum absolute atomic E-state index is 0.0625. The van der Waals surface area contributed by atoms with Crippen LogP contribution in [0.3, 0.4) is 0 Å². The van der Waals surface area contributed by atoms with Crippen molar-refractivity contribution in [2.24, 2.45) is 5.14 Å². The summed E-state index contributed by atoms with van der Waals surface area (Å²) in [5.41, 5.74) is 0. The van der Waals surface area contributed by atoms with E-state index in [-0.39, 0.29) is 4.31 Å². The van der Waals surface area contributed by atoms with Gasteiger partial charge in [0.1, 0.15) is 0 Å². The highest BCUT2D eigenvalue weighted by atomic mass is 32.2. The molecule has 0 aromatic rings. The summed E-state index contributed by atoms with van der Waals surface area (Å²) in [6.07, 6.45) is 0. The molecule has 0 aliphatic rings. The molecule has 0 aromatic carbocycles. The first-order valence-electron chi connectivity index (χ1n) is 2.86. The molecule has 0 unspecified atom stereocenters.